The number of esters is 2. The summed E-state index contributed by atoms with van der Waals surface area (Å²) in [5.41, 5.74) is -1.09. The number of phosphoric ester groups is 1. The van der Waals surface area contributed by atoms with Crippen molar-refractivity contribution in [3.05, 3.63) is 0 Å². The largest absolute Gasteiger partial charge is 0.472 e. The molecule has 0 saturated carbocycles. The van der Waals surface area contributed by atoms with Crippen molar-refractivity contribution >= 4 is 25.9 Å². The number of amides is 1. The molecule has 0 aliphatic heterocycles. The predicted molar refractivity (Wildman–Crippen MR) is 237 cm³/mol. The molecule has 0 radical (unpaired) electrons. The van der Waals surface area contributed by atoms with Gasteiger partial charge in [0.25, 0.3) is 0 Å². The number of ether oxygens (including phenoxy) is 3. The maximum Gasteiger partial charge on any atom is 0.472 e. The van der Waals surface area contributed by atoms with Crippen LogP contribution in [-0.4, -0.2) is 72.7 Å². The van der Waals surface area contributed by atoms with Gasteiger partial charge in [-0.15, -0.1) is 0 Å². The smallest absolute Gasteiger partial charge is 0.462 e. The van der Waals surface area contributed by atoms with Gasteiger partial charge in [0.2, 0.25) is 0 Å². The van der Waals surface area contributed by atoms with Crippen molar-refractivity contribution in [2.24, 2.45) is 0 Å². The van der Waals surface area contributed by atoms with E-state index in [0.29, 0.717) is 12.8 Å². The Labute approximate surface area is 360 Å². The lowest BCUT2D eigenvalue weighted by Gasteiger charge is -2.22. The lowest BCUT2D eigenvalue weighted by molar-refractivity contribution is -0.161. The van der Waals surface area contributed by atoms with Crippen molar-refractivity contribution in [1.82, 2.24) is 5.32 Å². The molecule has 0 fully saturated rings. The van der Waals surface area contributed by atoms with Gasteiger partial charge in [-0.2, -0.15) is 0 Å². The molecule has 0 rings (SSSR count). The van der Waals surface area contributed by atoms with Gasteiger partial charge >= 0.3 is 25.9 Å². The minimum Gasteiger partial charge on any atom is -0.462 e. The van der Waals surface area contributed by atoms with E-state index in [0.717, 1.165) is 38.5 Å². The first-order valence-electron chi connectivity index (χ1n) is 24.0. The quantitative estimate of drug-likeness (QED) is 0.0231. The first-order chi connectivity index (χ1) is 28.4. The van der Waals surface area contributed by atoms with Crippen molar-refractivity contribution in [2.45, 2.75) is 245 Å². The maximum absolute atomic E-state index is 12.7. The first-order valence-corrected chi connectivity index (χ1v) is 25.5. The van der Waals surface area contributed by atoms with Crippen LogP contribution in [0.4, 0.5) is 4.79 Å². The average Bonchev–Trinajstić information content (AvgIpc) is 3.20. The zero-order valence-electron chi connectivity index (χ0n) is 38.3. The second-order valence-corrected chi connectivity index (χ2v) is 18.5. The van der Waals surface area contributed by atoms with Gasteiger partial charge in [-0.3, -0.25) is 18.6 Å². The summed E-state index contributed by atoms with van der Waals surface area (Å²) in [5, 5.41) is 11.6. The molecule has 2 unspecified atom stereocenters. The number of carbonyl (C=O) groups is 3. The molecule has 0 aliphatic carbocycles. The zero-order chi connectivity index (χ0) is 43.7. The third kappa shape index (κ3) is 41.4. The lowest BCUT2D eigenvalue weighted by Crippen LogP contribution is -2.38. The highest BCUT2D eigenvalue weighted by atomic mass is 31.2. The van der Waals surface area contributed by atoms with E-state index in [1.807, 2.05) is 0 Å². The summed E-state index contributed by atoms with van der Waals surface area (Å²) in [4.78, 5) is 47.3. The highest BCUT2D eigenvalue weighted by Gasteiger charge is 2.27. The summed E-state index contributed by atoms with van der Waals surface area (Å²) in [6, 6.07) is 0. The molecule has 0 aromatic carbocycles. The van der Waals surface area contributed by atoms with Crippen LogP contribution in [-0.2, 0) is 37.4 Å². The van der Waals surface area contributed by atoms with Crippen LogP contribution in [0.1, 0.15) is 233 Å². The Morgan fingerprint density at radius 2 is 0.932 bits per heavy atom. The molecular weight excluding hydrogens is 773 g/mol. The zero-order valence-corrected chi connectivity index (χ0v) is 39.2. The van der Waals surface area contributed by atoms with Gasteiger partial charge in [-0.25, -0.2) is 9.36 Å². The molecule has 0 aromatic heterocycles. The topological polar surface area (TPSA) is 167 Å². The number of hydrogen-bond acceptors (Lipinski definition) is 10. The Bertz CT molecular complexity index is 1040. The number of aliphatic hydroxyl groups is 1. The van der Waals surface area contributed by atoms with Gasteiger partial charge in [0.15, 0.2) is 6.10 Å². The molecule has 59 heavy (non-hydrogen) atoms. The Hall–Kier alpha value is -1.72. The summed E-state index contributed by atoms with van der Waals surface area (Å²) in [6.45, 7) is 5.81. The van der Waals surface area contributed by atoms with Gasteiger partial charge in [-0.1, -0.05) is 194 Å². The van der Waals surface area contributed by atoms with E-state index in [1.165, 1.54) is 155 Å². The monoisotopic (exact) mass is 864 g/mol. The standard InChI is InChI=1S/C46H90NO11P/c1-5-7-9-11-13-15-17-19-21-23-25-27-29-31-33-35-43(49)54-39-42(40-56-59(52,53)55-38-37-47-45(51)58-46(3,4)41-48)57-44(50)36-34-32-30-28-26-24-22-20-18-16-14-12-10-8-6-2/h42,48H,5-41H2,1-4H3,(H,47,51)(H,52,53). The van der Waals surface area contributed by atoms with Crippen LogP contribution < -0.4 is 5.32 Å². The second-order valence-electron chi connectivity index (χ2n) is 17.0. The molecule has 0 heterocycles. The van der Waals surface area contributed by atoms with Crippen molar-refractivity contribution in [1.29, 1.82) is 0 Å². The highest BCUT2D eigenvalue weighted by Crippen LogP contribution is 2.43. The molecule has 12 nitrogen and oxygen atoms in total. The normalized spacial score (nSPS) is 13.2. The molecule has 1 amide bonds. The van der Waals surface area contributed by atoms with Crippen LogP contribution >= 0.6 is 7.82 Å². The van der Waals surface area contributed by atoms with Crippen molar-refractivity contribution < 1.29 is 52.2 Å². The fourth-order valence-electron chi connectivity index (χ4n) is 6.75. The van der Waals surface area contributed by atoms with E-state index in [9.17, 15) is 28.9 Å². The number of unbranched alkanes of at least 4 members (excludes halogenated alkanes) is 28. The number of nitrogens with one attached hydrogen (secondary N) is 1. The van der Waals surface area contributed by atoms with Crippen LogP contribution in [0.2, 0.25) is 0 Å². The van der Waals surface area contributed by atoms with E-state index in [-0.39, 0.29) is 39.2 Å². The minimum absolute atomic E-state index is 0.164. The van der Waals surface area contributed by atoms with Crippen molar-refractivity contribution in [3.63, 3.8) is 0 Å². The minimum atomic E-state index is -4.61. The number of aliphatic hydroxyl groups excluding tert-OH is 1. The lowest BCUT2D eigenvalue weighted by atomic mass is 10.0. The average molecular weight is 864 g/mol. The SMILES string of the molecule is CCCCCCCCCCCCCCCCCC(=O)OCC(COP(=O)(O)OCCNC(=O)OC(C)(C)CO)OC(=O)CCCCCCCCCCCCCCCCC. The number of carbonyl (C=O) groups excluding carboxylic acids is 3. The van der Waals surface area contributed by atoms with Gasteiger partial charge in [-0.05, 0) is 26.7 Å². The summed E-state index contributed by atoms with van der Waals surface area (Å²) in [6.07, 6.45) is 35.2. The summed E-state index contributed by atoms with van der Waals surface area (Å²) >= 11 is 0. The van der Waals surface area contributed by atoms with Crippen LogP contribution in [0, 0.1) is 0 Å². The first kappa shape index (κ1) is 57.3. The fraction of sp³-hybridized carbons (Fsp3) is 0.935. The molecule has 350 valence electrons. The molecule has 13 heteroatoms. The molecule has 0 aromatic rings. The Morgan fingerprint density at radius 1 is 0.559 bits per heavy atom. The number of rotatable bonds is 44. The Kier molecular flexibility index (Phi) is 39.2. The molecule has 2 atom stereocenters. The van der Waals surface area contributed by atoms with Gasteiger partial charge < -0.3 is 29.5 Å². The van der Waals surface area contributed by atoms with E-state index in [2.05, 4.69) is 19.2 Å². The molecule has 0 spiro atoms. The third-order valence-electron chi connectivity index (χ3n) is 10.5. The summed E-state index contributed by atoms with van der Waals surface area (Å²) < 4.78 is 38.6. The molecule has 0 aliphatic rings. The van der Waals surface area contributed by atoms with Crippen LogP contribution in [0.3, 0.4) is 0 Å². The molecule has 0 saturated heterocycles. The van der Waals surface area contributed by atoms with Crippen LogP contribution in [0.15, 0.2) is 0 Å². The summed E-state index contributed by atoms with van der Waals surface area (Å²) in [5.74, 6) is -0.914. The molecule has 0 bridgehead atoms. The molecule has 3 N–H and O–H groups in total. The second kappa shape index (κ2) is 40.4. The third-order valence-corrected chi connectivity index (χ3v) is 11.5. The Balaban J connectivity index is 4.49. The van der Waals surface area contributed by atoms with E-state index >= 15 is 0 Å². The van der Waals surface area contributed by atoms with Crippen LogP contribution in [0.5, 0.6) is 0 Å². The van der Waals surface area contributed by atoms with Gasteiger partial charge in [0.1, 0.15) is 12.2 Å². The predicted octanol–water partition coefficient (Wildman–Crippen LogP) is 12.6. The maximum atomic E-state index is 12.7. The van der Waals surface area contributed by atoms with Crippen molar-refractivity contribution in [2.75, 3.05) is 33.0 Å². The Morgan fingerprint density at radius 3 is 1.32 bits per heavy atom. The van der Waals surface area contributed by atoms with Gasteiger partial charge in [0, 0.05) is 19.4 Å². The van der Waals surface area contributed by atoms with E-state index in [1.54, 1.807) is 0 Å². The van der Waals surface area contributed by atoms with Crippen LogP contribution in [0.25, 0.3) is 0 Å². The van der Waals surface area contributed by atoms with E-state index in [4.69, 9.17) is 23.3 Å². The number of alkyl carbamates (subject to hydrolysis) is 1. The van der Waals surface area contributed by atoms with Crippen molar-refractivity contribution in [3.8, 4) is 0 Å². The summed E-state index contributed by atoms with van der Waals surface area (Å²) in [7, 11) is -4.61. The molecular formula is C46H90NO11P. The number of hydrogen-bond donors (Lipinski definition) is 3. The fourth-order valence-corrected chi connectivity index (χ4v) is 7.50. The van der Waals surface area contributed by atoms with Gasteiger partial charge in [0.05, 0.1) is 19.8 Å². The number of phosphoric acid groups is 1. The van der Waals surface area contributed by atoms with E-state index < -0.39 is 44.2 Å². The highest BCUT2D eigenvalue weighted by molar-refractivity contribution is 7.47.